The number of carboxylic acid groups (broad SMARTS) is 1. The molecule has 0 saturated carbocycles. The van der Waals surface area contributed by atoms with E-state index < -0.39 is 11.9 Å². The van der Waals surface area contributed by atoms with Crippen LogP contribution < -0.4 is 0 Å². The summed E-state index contributed by atoms with van der Waals surface area (Å²) in [7, 11) is 0. The third-order valence-corrected chi connectivity index (χ3v) is 2.28. The number of hydrogen-bond donors (Lipinski definition) is 1. The van der Waals surface area contributed by atoms with Crippen LogP contribution in [-0.2, 0) is 4.79 Å². The highest BCUT2D eigenvalue weighted by Crippen LogP contribution is 2.32. The number of ketones is 1. The highest BCUT2D eigenvalue weighted by atomic mass is 16.4. The van der Waals surface area contributed by atoms with Crippen LogP contribution in [0, 0.1) is 0 Å². The Morgan fingerprint density at radius 3 is 3.08 bits per heavy atom. The SMILES string of the molecule is O=C1CCC(C(=O)O)c2ccoc21. The lowest BCUT2D eigenvalue weighted by molar-refractivity contribution is -0.139. The van der Waals surface area contributed by atoms with Crippen LogP contribution in [0.25, 0.3) is 0 Å². The molecule has 68 valence electrons. The van der Waals surface area contributed by atoms with Crippen molar-refractivity contribution in [1.82, 2.24) is 0 Å². The molecule has 1 unspecified atom stereocenters. The Kier molecular flexibility index (Phi) is 1.69. The van der Waals surface area contributed by atoms with E-state index in [4.69, 9.17) is 9.52 Å². The second kappa shape index (κ2) is 2.73. The normalized spacial score (nSPS) is 21.2. The second-order valence-corrected chi connectivity index (χ2v) is 3.06. The fourth-order valence-electron chi connectivity index (χ4n) is 1.62. The number of rotatable bonds is 1. The fourth-order valence-corrected chi connectivity index (χ4v) is 1.62. The van der Waals surface area contributed by atoms with E-state index in [-0.39, 0.29) is 18.0 Å². The van der Waals surface area contributed by atoms with Crippen LogP contribution in [-0.4, -0.2) is 16.9 Å². The van der Waals surface area contributed by atoms with E-state index in [1.165, 1.54) is 6.26 Å². The first-order valence-electron chi connectivity index (χ1n) is 4.03. The van der Waals surface area contributed by atoms with Gasteiger partial charge in [-0.15, -0.1) is 0 Å². The van der Waals surface area contributed by atoms with E-state index in [9.17, 15) is 9.59 Å². The first-order valence-corrected chi connectivity index (χ1v) is 4.03. The van der Waals surface area contributed by atoms with Gasteiger partial charge in [-0.25, -0.2) is 0 Å². The summed E-state index contributed by atoms with van der Waals surface area (Å²) in [6, 6.07) is 1.56. The number of fused-ring (bicyclic) bond motifs is 1. The Hall–Kier alpha value is -1.58. The molecule has 0 aromatic carbocycles. The predicted octanol–water partition coefficient (Wildman–Crippen LogP) is 1.42. The smallest absolute Gasteiger partial charge is 0.311 e. The van der Waals surface area contributed by atoms with E-state index in [0.29, 0.717) is 12.0 Å². The van der Waals surface area contributed by atoms with E-state index in [1.807, 2.05) is 0 Å². The molecule has 0 amide bonds. The molecular weight excluding hydrogens is 172 g/mol. The van der Waals surface area contributed by atoms with E-state index in [1.54, 1.807) is 6.07 Å². The summed E-state index contributed by atoms with van der Waals surface area (Å²) in [6.45, 7) is 0. The molecule has 1 aromatic heterocycles. The topological polar surface area (TPSA) is 67.5 Å². The third kappa shape index (κ3) is 1.14. The largest absolute Gasteiger partial charge is 0.481 e. The Balaban J connectivity index is 2.46. The third-order valence-electron chi connectivity index (χ3n) is 2.28. The van der Waals surface area contributed by atoms with Gasteiger partial charge in [-0.1, -0.05) is 0 Å². The van der Waals surface area contributed by atoms with Crippen molar-refractivity contribution in [2.24, 2.45) is 0 Å². The molecule has 0 bridgehead atoms. The minimum absolute atomic E-state index is 0.0995. The van der Waals surface area contributed by atoms with E-state index >= 15 is 0 Å². The van der Waals surface area contributed by atoms with Crippen LogP contribution in [0.1, 0.15) is 34.9 Å². The molecule has 0 fully saturated rings. The number of Topliss-reactive ketones (excluding diaryl/α,β-unsaturated/α-hetero) is 1. The number of carbonyl (C=O) groups excluding carboxylic acids is 1. The molecule has 1 atom stereocenters. The van der Waals surface area contributed by atoms with Crippen molar-refractivity contribution < 1.29 is 19.1 Å². The lowest BCUT2D eigenvalue weighted by Gasteiger charge is -2.15. The van der Waals surface area contributed by atoms with Crippen molar-refractivity contribution in [2.75, 3.05) is 0 Å². The second-order valence-electron chi connectivity index (χ2n) is 3.06. The molecular formula is C9H8O4. The summed E-state index contributed by atoms with van der Waals surface area (Å²) >= 11 is 0. The van der Waals surface area contributed by atoms with Crippen LogP contribution in [0.4, 0.5) is 0 Å². The van der Waals surface area contributed by atoms with Crippen LogP contribution in [0.5, 0.6) is 0 Å². The maximum absolute atomic E-state index is 11.2. The zero-order valence-electron chi connectivity index (χ0n) is 6.82. The highest BCUT2D eigenvalue weighted by Gasteiger charge is 2.32. The predicted molar refractivity (Wildman–Crippen MR) is 42.6 cm³/mol. The zero-order valence-corrected chi connectivity index (χ0v) is 6.82. The molecule has 1 aliphatic carbocycles. The number of hydrogen-bond acceptors (Lipinski definition) is 3. The van der Waals surface area contributed by atoms with Gasteiger partial charge in [-0.3, -0.25) is 9.59 Å². The lowest BCUT2D eigenvalue weighted by Crippen LogP contribution is -2.20. The molecule has 0 radical (unpaired) electrons. The first-order chi connectivity index (χ1) is 6.20. The van der Waals surface area contributed by atoms with Crippen molar-refractivity contribution in [3.63, 3.8) is 0 Å². The molecule has 2 rings (SSSR count). The van der Waals surface area contributed by atoms with Gasteiger partial charge in [0, 0.05) is 12.0 Å². The van der Waals surface area contributed by atoms with Gasteiger partial charge in [0.2, 0.25) is 0 Å². The molecule has 1 aromatic rings. The van der Waals surface area contributed by atoms with E-state index in [0.717, 1.165) is 0 Å². The number of aliphatic carboxylic acids is 1. The van der Waals surface area contributed by atoms with Crippen LogP contribution >= 0.6 is 0 Å². The van der Waals surface area contributed by atoms with Gasteiger partial charge < -0.3 is 9.52 Å². The Bertz CT molecular complexity index is 363. The van der Waals surface area contributed by atoms with Crippen molar-refractivity contribution in [1.29, 1.82) is 0 Å². The molecule has 4 nitrogen and oxygen atoms in total. The molecule has 0 saturated heterocycles. The molecule has 1 N–H and O–H groups in total. The Labute approximate surface area is 74.2 Å². The van der Waals surface area contributed by atoms with Crippen molar-refractivity contribution in [3.8, 4) is 0 Å². The number of furan rings is 1. The average Bonchev–Trinajstić information content (AvgIpc) is 2.53. The summed E-state index contributed by atoms with van der Waals surface area (Å²) in [5.74, 6) is -1.35. The molecule has 4 heteroatoms. The van der Waals surface area contributed by atoms with Gasteiger partial charge in [0.1, 0.15) is 0 Å². The molecule has 0 aliphatic heterocycles. The lowest BCUT2D eigenvalue weighted by atomic mass is 9.87. The zero-order chi connectivity index (χ0) is 9.42. The summed E-state index contributed by atoms with van der Waals surface area (Å²) in [5.41, 5.74) is 0.517. The summed E-state index contributed by atoms with van der Waals surface area (Å²) in [4.78, 5) is 22.0. The molecule has 1 heterocycles. The number of carbonyl (C=O) groups is 2. The fraction of sp³-hybridized carbons (Fsp3) is 0.333. The monoisotopic (exact) mass is 180 g/mol. The van der Waals surface area contributed by atoms with Gasteiger partial charge >= 0.3 is 5.97 Å². The minimum Gasteiger partial charge on any atom is -0.481 e. The van der Waals surface area contributed by atoms with E-state index in [2.05, 4.69) is 0 Å². The molecule has 1 aliphatic rings. The highest BCUT2D eigenvalue weighted by molar-refractivity contribution is 5.98. The summed E-state index contributed by atoms with van der Waals surface area (Å²) in [6.07, 6.45) is 2.00. The van der Waals surface area contributed by atoms with Gasteiger partial charge in [-0.05, 0) is 12.5 Å². The van der Waals surface area contributed by atoms with Crippen molar-refractivity contribution in [2.45, 2.75) is 18.8 Å². The Morgan fingerprint density at radius 1 is 1.62 bits per heavy atom. The number of carboxylic acids is 1. The van der Waals surface area contributed by atoms with Crippen molar-refractivity contribution in [3.05, 3.63) is 23.7 Å². The molecule has 13 heavy (non-hydrogen) atoms. The average molecular weight is 180 g/mol. The van der Waals surface area contributed by atoms with Crippen molar-refractivity contribution >= 4 is 11.8 Å². The van der Waals surface area contributed by atoms with Crippen LogP contribution in [0.15, 0.2) is 16.7 Å². The molecule has 0 spiro atoms. The maximum Gasteiger partial charge on any atom is 0.311 e. The quantitative estimate of drug-likeness (QED) is 0.709. The summed E-state index contributed by atoms with van der Waals surface area (Å²) < 4.78 is 4.94. The Morgan fingerprint density at radius 2 is 2.38 bits per heavy atom. The van der Waals surface area contributed by atoms with Gasteiger partial charge in [0.15, 0.2) is 11.5 Å². The minimum atomic E-state index is -0.893. The van der Waals surface area contributed by atoms with Gasteiger partial charge in [-0.2, -0.15) is 0 Å². The van der Waals surface area contributed by atoms with Crippen LogP contribution in [0.2, 0.25) is 0 Å². The van der Waals surface area contributed by atoms with Gasteiger partial charge in [0.25, 0.3) is 0 Å². The summed E-state index contributed by atoms with van der Waals surface area (Å²) in [5, 5.41) is 8.84. The van der Waals surface area contributed by atoms with Crippen LogP contribution in [0.3, 0.4) is 0 Å². The first kappa shape index (κ1) is 8.04. The van der Waals surface area contributed by atoms with Gasteiger partial charge in [0.05, 0.1) is 12.2 Å². The maximum atomic E-state index is 11.2. The standard InChI is InChI=1S/C9H8O4/c10-7-2-1-6(9(11)12)5-3-4-13-8(5)7/h3-4,6H,1-2H2,(H,11,12).